The predicted molar refractivity (Wildman–Crippen MR) is 31.4 cm³/mol. The Bertz CT molecular complexity index is 44.8. The Kier molecular flexibility index (Phi) is 1.76. The van der Waals surface area contributed by atoms with Gasteiger partial charge in [0.1, 0.15) is 0 Å². The van der Waals surface area contributed by atoms with Crippen LogP contribution in [0.25, 0.3) is 0 Å². The van der Waals surface area contributed by atoms with E-state index in [0.29, 0.717) is 4.16 Å². The van der Waals surface area contributed by atoms with Crippen LogP contribution in [-0.4, -0.2) is 10.7 Å². The fraction of sp³-hybridized carbons (Fsp3) is 1.00. The number of nitrogens with one attached hydrogen (secondary N) is 2. The number of halogens is 1. The van der Waals surface area contributed by atoms with Gasteiger partial charge in [0.15, 0.2) is 0 Å². The van der Waals surface area contributed by atoms with Crippen molar-refractivity contribution in [1.82, 2.24) is 10.3 Å². The highest BCUT2D eigenvalue weighted by molar-refractivity contribution is 9.11. The van der Waals surface area contributed by atoms with Crippen LogP contribution in [0, 0.1) is 0 Å². The highest BCUT2D eigenvalue weighted by Crippen LogP contribution is 2.14. The van der Waals surface area contributed by atoms with Crippen molar-refractivity contribution >= 4 is 27.9 Å². The minimum absolute atomic E-state index is 0.553. The van der Waals surface area contributed by atoms with Crippen LogP contribution in [0.2, 0.25) is 0 Å². The van der Waals surface area contributed by atoms with Gasteiger partial charge in [0.05, 0.1) is 4.16 Å². The van der Waals surface area contributed by atoms with Crippen LogP contribution in [0.5, 0.6) is 0 Å². The molecule has 0 saturated carbocycles. The van der Waals surface area contributed by atoms with Crippen LogP contribution in [0.15, 0.2) is 0 Å². The average Bonchev–Trinajstić information content (AvgIpc) is 1.86. The lowest BCUT2D eigenvalue weighted by atomic mass is 10.8. The molecule has 1 fully saturated rings. The molecule has 1 heterocycles. The summed E-state index contributed by atoms with van der Waals surface area (Å²) < 4.78 is 0.553. The summed E-state index contributed by atoms with van der Waals surface area (Å²) in [5, 5.41) is 0. The highest BCUT2D eigenvalue weighted by atomic mass is 79.9. The van der Waals surface area contributed by atoms with E-state index in [9.17, 15) is 0 Å². The normalized spacial score (nSPS) is 34.5. The third kappa shape index (κ3) is 1.11. The van der Waals surface area contributed by atoms with Crippen molar-refractivity contribution in [2.45, 2.75) is 4.16 Å². The van der Waals surface area contributed by atoms with Crippen molar-refractivity contribution in [2.75, 3.05) is 6.54 Å². The van der Waals surface area contributed by atoms with Crippen LogP contribution < -0.4 is 10.3 Å². The van der Waals surface area contributed by atoms with Crippen LogP contribution in [0.3, 0.4) is 0 Å². The Hall–Kier alpha value is 0.750. The molecule has 0 aromatic rings. The van der Waals surface area contributed by atoms with Gasteiger partial charge in [-0.3, -0.25) is 0 Å². The molecular formula is C2H5BrN2S. The topological polar surface area (TPSA) is 24.1 Å². The standard InChI is InChI=1S/C2H5BrN2S/c3-2-1-4-5-6-2/h2,4-5H,1H2. The summed E-state index contributed by atoms with van der Waals surface area (Å²) in [6, 6.07) is 0. The molecule has 0 aromatic heterocycles. The zero-order chi connectivity index (χ0) is 4.41. The monoisotopic (exact) mass is 168 g/mol. The molecule has 1 aliphatic rings. The first-order valence-corrected chi connectivity index (χ1v) is 3.47. The third-order valence-corrected chi connectivity index (χ3v) is 2.09. The number of alkyl halides is 1. The molecule has 0 aliphatic carbocycles. The molecule has 0 aromatic carbocycles. The molecule has 2 N–H and O–H groups in total. The van der Waals surface area contributed by atoms with E-state index >= 15 is 0 Å². The van der Waals surface area contributed by atoms with E-state index in [1.807, 2.05) is 0 Å². The zero-order valence-corrected chi connectivity index (χ0v) is 5.47. The molecule has 1 unspecified atom stereocenters. The first kappa shape index (κ1) is 4.90. The van der Waals surface area contributed by atoms with Gasteiger partial charge in [-0.25, -0.2) is 10.3 Å². The van der Waals surface area contributed by atoms with Gasteiger partial charge < -0.3 is 0 Å². The molecule has 1 aliphatic heterocycles. The molecule has 36 valence electrons. The van der Waals surface area contributed by atoms with E-state index in [1.165, 1.54) is 0 Å². The van der Waals surface area contributed by atoms with E-state index in [4.69, 9.17) is 0 Å². The molecule has 0 spiro atoms. The van der Waals surface area contributed by atoms with Crippen molar-refractivity contribution < 1.29 is 0 Å². The largest absolute Gasteiger partial charge is 0.246 e. The predicted octanol–water partition coefficient (Wildman–Crippen LogP) is 0.463. The number of hydrogen-bond acceptors (Lipinski definition) is 3. The van der Waals surface area contributed by atoms with E-state index in [1.54, 1.807) is 11.9 Å². The van der Waals surface area contributed by atoms with E-state index < -0.39 is 0 Å². The Labute approximate surface area is 49.3 Å². The first-order valence-electron chi connectivity index (χ1n) is 1.67. The molecule has 0 radical (unpaired) electrons. The Balaban J connectivity index is 2.18. The van der Waals surface area contributed by atoms with E-state index in [-0.39, 0.29) is 0 Å². The second-order valence-corrected chi connectivity index (χ2v) is 3.73. The molecule has 0 bridgehead atoms. The second-order valence-electron chi connectivity index (χ2n) is 1.01. The molecule has 4 heteroatoms. The third-order valence-electron chi connectivity index (χ3n) is 0.522. The molecular weight excluding hydrogens is 164 g/mol. The summed E-state index contributed by atoms with van der Waals surface area (Å²) in [4.78, 5) is 2.89. The van der Waals surface area contributed by atoms with Gasteiger partial charge >= 0.3 is 0 Å². The van der Waals surface area contributed by atoms with Gasteiger partial charge in [0.2, 0.25) is 0 Å². The van der Waals surface area contributed by atoms with Gasteiger partial charge in [-0.1, -0.05) is 27.9 Å². The first-order chi connectivity index (χ1) is 2.89. The summed E-state index contributed by atoms with van der Waals surface area (Å²) in [6.45, 7) is 1.00. The number of hydrogen-bond donors (Lipinski definition) is 2. The lowest BCUT2D eigenvalue weighted by Gasteiger charge is -1.85. The lowest BCUT2D eigenvalue weighted by molar-refractivity contribution is 0.759. The molecule has 0 amide bonds. The Morgan fingerprint density at radius 1 is 1.83 bits per heavy atom. The summed E-state index contributed by atoms with van der Waals surface area (Å²) >= 11 is 5.03. The minimum atomic E-state index is 0.553. The van der Waals surface area contributed by atoms with E-state index in [2.05, 4.69) is 26.2 Å². The fourth-order valence-electron chi connectivity index (χ4n) is 0.269. The van der Waals surface area contributed by atoms with Crippen molar-refractivity contribution in [1.29, 1.82) is 0 Å². The van der Waals surface area contributed by atoms with Gasteiger partial charge in [-0.15, -0.1) is 0 Å². The molecule has 2 nitrogen and oxygen atoms in total. The van der Waals surface area contributed by atoms with E-state index in [0.717, 1.165) is 6.54 Å². The smallest absolute Gasteiger partial charge is 0.0895 e. The maximum absolute atomic E-state index is 3.38. The van der Waals surface area contributed by atoms with Gasteiger partial charge in [0.25, 0.3) is 0 Å². The van der Waals surface area contributed by atoms with Gasteiger partial charge in [-0.2, -0.15) is 0 Å². The second kappa shape index (κ2) is 2.16. The van der Waals surface area contributed by atoms with Gasteiger partial charge in [0, 0.05) is 6.54 Å². The Morgan fingerprint density at radius 2 is 2.67 bits per heavy atom. The van der Waals surface area contributed by atoms with Crippen LogP contribution in [-0.2, 0) is 0 Å². The lowest BCUT2D eigenvalue weighted by Crippen LogP contribution is -2.17. The van der Waals surface area contributed by atoms with Crippen LogP contribution in [0.1, 0.15) is 0 Å². The molecule has 1 atom stereocenters. The summed E-state index contributed by atoms with van der Waals surface area (Å²) in [7, 11) is 0. The SMILES string of the molecule is BrC1CNNS1. The maximum Gasteiger partial charge on any atom is 0.0895 e. The van der Waals surface area contributed by atoms with Crippen molar-refractivity contribution in [3.05, 3.63) is 0 Å². The average molecular weight is 169 g/mol. The maximum atomic E-state index is 3.38. The summed E-state index contributed by atoms with van der Waals surface area (Å²) in [5.41, 5.74) is 2.94. The number of rotatable bonds is 0. The molecule has 1 rings (SSSR count). The summed E-state index contributed by atoms with van der Waals surface area (Å²) in [5.74, 6) is 0. The van der Waals surface area contributed by atoms with Crippen molar-refractivity contribution in [3.63, 3.8) is 0 Å². The number of hydrazine groups is 1. The van der Waals surface area contributed by atoms with Crippen LogP contribution >= 0.6 is 27.9 Å². The quantitative estimate of drug-likeness (QED) is 0.407. The van der Waals surface area contributed by atoms with Crippen LogP contribution in [0.4, 0.5) is 0 Å². The zero-order valence-electron chi connectivity index (χ0n) is 3.07. The van der Waals surface area contributed by atoms with Gasteiger partial charge in [-0.05, 0) is 0 Å². The fourth-order valence-corrected chi connectivity index (χ4v) is 1.17. The highest BCUT2D eigenvalue weighted by Gasteiger charge is 2.08. The molecule has 6 heavy (non-hydrogen) atoms. The minimum Gasteiger partial charge on any atom is -0.246 e. The summed E-state index contributed by atoms with van der Waals surface area (Å²) in [6.07, 6.45) is 0. The van der Waals surface area contributed by atoms with Crippen molar-refractivity contribution in [3.8, 4) is 0 Å². The van der Waals surface area contributed by atoms with Crippen molar-refractivity contribution in [2.24, 2.45) is 0 Å². The Morgan fingerprint density at radius 3 is 2.83 bits per heavy atom. The molecule has 1 saturated heterocycles.